The van der Waals surface area contributed by atoms with Crippen LogP contribution in [0.2, 0.25) is 0 Å². The van der Waals surface area contributed by atoms with Crippen molar-refractivity contribution in [3.63, 3.8) is 0 Å². The van der Waals surface area contributed by atoms with E-state index in [-0.39, 0.29) is 0 Å². The van der Waals surface area contributed by atoms with Crippen LogP contribution in [-0.4, -0.2) is 17.3 Å². The molecule has 2 atom stereocenters. The van der Waals surface area contributed by atoms with Crippen LogP contribution in [0.1, 0.15) is 36.1 Å². The van der Waals surface area contributed by atoms with E-state index in [1.54, 1.807) is 7.11 Å². The summed E-state index contributed by atoms with van der Waals surface area (Å²) in [4.78, 5) is 0. The van der Waals surface area contributed by atoms with E-state index in [2.05, 4.69) is 0 Å². The normalized spacial score (nSPS) is 24.0. The average molecular weight is 372 g/mol. The molecule has 0 amide bonds. The van der Waals surface area contributed by atoms with Gasteiger partial charge in [-0.3, -0.25) is 0 Å². The average Bonchev–Trinajstić information content (AvgIpc) is 2.76. The molecule has 0 saturated heterocycles. The van der Waals surface area contributed by atoms with Gasteiger partial charge in [0.05, 0.1) is 7.11 Å². The predicted molar refractivity (Wildman–Crippen MR) is 110 cm³/mol. The summed E-state index contributed by atoms with van der Waals surface area (Å²) in [5.41, 5.74) is 1.38. The molecular formula is C25H24O3. The molecule has 0 spiro atoms. The van der Waals surface area contributed by atoms with E-state index in [1.165, 1.54) is 0 Å². The zero-order valence-electron chi connectivity index (χ0n) is 16.3. The van der Waals surface area contributed by atoms with Crippen LogP contribution >= 0.6 is 0 Å². The van der Waals surface area contributed by atoms with Gasteiger partial charge in [0.1, 0.15) is 17.0 Å². The number of hydrogen-bond acceptors (Lipinski definition) is 3. The summed E-state index contributed by atoms with van der Waals surface area (Å²) in [6.07, 6.45) is 0. The second-order valence-electron chi connectivity index (χ2n) is 7.29. The van der Waals surface area contributed by atoms with Crippen LogP contribution < -0.4 is 4.74 Å². The monoisotopic (exact) mass is 372 g/mol. The minimum atomic E-state index is -1.39. The minimum absolute atomic E-state index is 0.546. The van der Waals surface area contributed by atoms with Crippen molar-refractivity contribution in [2.24, 2.45) is 0 Å². The molecule has 0 unspecified atom stereocenters. The maximum atomic E-state index is 12.1. The third-order valence-electron chi connectivity index (χ3n) is 6.03. The van der Waals surface area contributed by atoms with Gasteiger partial charge in [-0.25, -0.2) is 0 Å². The van der Waals surface area contributed by atoms with Crippen LogP contribution in [0.3, 0.4) is 0 Å². The van der Waals surface area contributed by atoms with Crippen molar-refractivity contribution < 1.29 is 14.9 Å². The molecule has 0 saturated carbocycles. The molecule has 3 aromatic rings. The van der Waals surface area contributed by atoms with Crippen molar-refractivity contribution in [3.8, 4) is 5.75 Å². The standard InChI is InChI=1S/C25H24O3/c1-17-18(2)25(27,20-13-8-5-9-14-20)23-21(15-10-16-22(23)28-3)24(17,26)19-11-6-4-7-12-19/h4-16,26-27H,1-3H3/t24-,25+/m0/s1. The van der Waals surface area contributed by atoms with E-state index in [4.69, 9.17) is 4.74 Å². The lowest BCUT2D eigenvalue weighted by atomic mass is 9.64. The molecule has 0 radical (unpaired) electrons. The molecule has 28 heavy (non-hydrogen) atoms. The number of aliphatic hydroxyl groups is 2. The van der Waals surface area contributed by atoms with Crippen molar-refractivity contribution in [2.75, 3.05) is 7.11 Å². The number of methoxy groups -OCH3 is 1. The van der Waals surface area contributed by atoms with Gasteiger partial charge in [-0.2, -0.15) is 0 Å². The van der Waals surface area contributed by atoms with Crippen molar-refractivity contribution in [1.82, 2.24) is 0 Å². The first kappa shape index (κ1) is 18.5. The smallest absolute Gasteiger partial charge is 0.140 e. The van der Waals surface area contributed by atoms with E-state index < -0.39 is 11.2 Å². The number of hydrogen-bond donors (Lipinski definition) is 2. The summed E-state index contributed by atoms with van der Waals surface area (Å²) in [6, 6.07) is 24.7. The first-order valence-electron chi connectivity index (χ1n) is 9.37. The quantitative estimate of drug-likeness (QED) is 0.665. The van der Waals surface area contributed by atoms with E-state index in [9.17, 15) is 10.2 Å². The second kappa shape index (κ2) is 6.62. The molecule has 142 valence electrons. The van der Waals surface area contributed by atoms with E-state index in [0.29, 0.717) is 28.0 Å². The Morgan fingerprint density at radius 3 is 1.68 bits per heavy atom. The zero-order valence-corrected chi connectivity index (χ0v) is 16.3. The first-order chi connectivity index (χ1) is 13.5. The van der Waals surface area contributed by atoms with E-state index in [0.717, 1.165) is 11.1 Å². The predicted octanol–water partition coefficient (Wildman–Crippen LogP) is 4.52. The number of rotatable bonds is 3. The van der Waals surface area contributed by atoms with Gasteiger partial charge in [0.2, 0.25) is 0 Å². The molecule has 3 aromatic carbocycles. The molecule has 2 N–H and O–H groups in total. The van der Waals surface area contributed by atoms with Crippen molar-refractivity contribution >= 4 is 0 Å². The highest BCUT2D eigenvalue weighted by Gasteiger charge is 2.51. The van der Waals surface area contributed by atoms with Crippen LogP contribution in [0.5, 0.6) is 5.75 Å². The maximum absolute atomic E-state index is 12.1. The van der Waals surface area contributed by atoms with Crippen LogP contribution in [0, 0.1) is 0 Å². The molecule has 0 heterocycles. The zero-order chi connectivity index (χ0) is 19.9. The molecule has 0 bridgehead atoms. The lowest BCUT2D eigenvalue weighted by molar-refractivity contribution is 0.0683. The molecule has 3 nitrogen and oxygen atoms in total. The summed E-state index contributed by atoms with van der Waals surface area (Å²) >= 11 is 0. The summed E-state index contributed by atoms with van der Waals surface area (Å²) in [5, 5.41) is 24.1. The van der Waals surface area contributed by atoms with Crippen molar-refractivity contribution in [1.29, 1.82) is 0 Å². The Morgan fingerprint density at radius 2 is 1.14 bits per heavy atom. The Kier molecular flexibility index (Phi) is 4.37. The number of ether oxygens (including phenoxy) is 1. The highest BCUT2D eigenvalue weighted by Crippen LogP contribution is 2.54. The Labute approximate surface area is 165 Å². The first-order valence-corrected chi connectivity index (χ1v) is 9.37. The fourth-order valence-electron chi connectivity index (χ4n) is 4.40. The summed E-state index contributed by atoms with van der Waals surface area (Å²) in [6.45, 7) is 3.77. The second-order valence-corrected chi connectivity index (χ2v) is 7.29. The third-order valence-corrected chi connectivity index (χ3v) is 6.03. The van der Waals surface area contributed by atoms with Crippen molar-refractivity contribution in [2.45, 2.75) is 25.0 Å². The highest BCUT2D eigenvalue weighted by molar-refractivity contribution is 5.65. The van der Waals surface area contributed by atoms with Gasteiger partial charge in [-0.1, -0.05) is 72.8 Å². The topological polar surface area (TPSA) is 49.7 Å². The lowest BCUT2D eigenvalue weighted by Gasteiger charge is -2.45. The van der Waals surface area contributed by atoms with Crippen LogP contribution in [-0.2, 0) is 11.2 Å². The molecule has 0 fully saturated rings. The minimum Gasteiger partial charge on any atom is -0.496 e. The fraction of sp³-hybridized carbons (Fsp3) is 0.200. The SMILES string of the molecule is COc1cccc2c1[C@](O)(c1ccccc1)C(C)=C(C)[C@]2(O)c1ccccc1. The summed E-state index contributed by atoms with van der Waals surface area (Å²) in [5.74, 6) is 0.546. The van der Waals surface area contributed by atoms with Gasteiger partial charge >= 0.3 is 0 Å². The molecule has 0 aromatic heterocycles. The molecule has 1 aliphatic carbocycles. The largest absolute Gasteiger partial charge is 0.496 e. The molecule has 4 rings (SSSR count). The van der Waals surface area contributed by atoms with Gasteiger partial charge in [0.25, 0.3) is 0 Å². The third kappa shape index (κ3) is 2.37. The summed E-state index contributed by atoms with van der Waals surface area (Å²) < 4.78 is 5.65. The van der Waals surface area contributed by atoms with E-state index >= 15 is 0 Å². The van der Waals surface area contributed by atoms with Gasteiger partial charge < -0.3 is 14.9 Å². The highest BCUT2D eigenvalue weighted by atomic mass is 16.5. The molecule has 0 aliphatic heterocycles. The van der Waals surface area contributed by atoms with Crippen LogP contribution in [0.4, 0.5) is 0 Å². The Bertz CT molecular complexity index is 1040. The van der Waals surface area contributed by atoms with Gasteiger partial charge in [-0.15, -0.1) is 0 Å². The van der Waals surface area contributed by atoms with Crippen molar-refractivity contribution in [3.05, 3.63) is 112 Å². The number of fused-ring (bicyclic) bond motifs is 1. The molecule has 1 aliphatic rings. The summed E-state index contributed by atoms with van der Waals surface area (Å²) in [7, 11) is 1.59. The fourth-order valence-corrected chi connectivity index (χ4v) is 4.40. The van der Waals surface area contributed by atoms with Gasteiger partial charge in [0.15, 0.2) is 0 Å². The number of benzene rings is 3. The Hall–Kier alpha value is -2.88. The van der Waals surface area contributed by atoms with Crippen LogP contribution in [0.15, 0.2) is 90.0 Å². The van der Waals surface area contributed by atoms with Gasteiger partial charge in [-0.05, 0) is 42.2 Å². The Morgan fingerprint density at radius 1 is 0.643 bits per heavy atom. The molecule has 3 heteroatoms. The van der Waals surface area contributed by atoms with E-state index in [1.807, 2.05) is 92.7 Å². The van der Waals surface area contributed by atoms with Crippen LogP contribution in [0.25, 0.3) is 0 Å². The molecular weight excluding hydrogens is 348 g/mol. The van der Waals surface area contributed by atoms with Gasteiger partial charge in [0, 0.05) is 11.1 Å². The Balaban J connectivity index is 2.14. The lowest BCUT2D eigenvalue weighted by Crippen LogP contribution is -2.43. The maximum Gasteiger partial charge on any atom is 0.140 e.